The third-order valence-corrected chi connectivity index (χ3v) is 6.31. The van der Waals surface area contributed by atoms with Crippen molar-refractivity contribution in [2.75, 3.05) is 18.4 Å². The Labute approximate surface area is 193 Å². The molecule has 1 aliphatic rings. The van der Waals surface area contributed by atoms with Crippen LogP contribution in [0.2, 0.25) is 5.28 Å². The highest BCUT2D eigenvalue weighted by atomic mass is 35.5. The predicted octanol–water partition coefficient (Wildman–Crippen LogP) is 5.39. The second-order valence-corrected chi connectivity index (χ2v) is 8.58. The molecule has 32 heavy (non-hydrogen) atoms. The number of anilines is 1. The molecule has 1 fully saturated rings. The van der Waals surface area contributed by atoms with Crippen LogP contribution in [0.25, 0.3) is 11.2 Å². The number of hydrogen-bond donors (Lipinski definition) is 2. The quantitative estimate of drug-likeness (QED) is 0.280. The van der Waals surface area contributed by atoms with E-state index in [4.69, 9.17) is 11.6 Å². The molecule has 4 aromatic rings. The maximum Gasteiger partial charge on any atom is 0.226 e. The molecule has 0 amide bonds. The van der Waals surface area contributed by atoms with Crippen LogP contribution in [-0.2, 0) is 0 Å². The molecule has 0 spiro atoms. The van der Waals surface area contributed by atoms with Crippen molar-refractivity contribution < 1.29 is 0 Å². The van der Waals surface area contributed by atoms with Crippen LogP contribution < -0.4 is 10.6 Å². The average molecular weight is 447 g/mol. The van der Waals surface area contributed by atoms with Crippen molar-refractivity contribution in [2.24, 2.45) is 0 Å². The van der Waals surface area contributed by atoms with Crippen molar-refractivity contribution in [3.63, 3.8) is 0 Å². The first kappa shape index (κ1) is 20.9. The Kier molecular flexibility index (Phi) is 6.32. The zero-order valence-electron chi connectivity index (χ0n) is 17.9. The predicted molar refractivity (Wildman–Crippen MR) is 129 cm³/mol. The summed E-state index contributed by atoms with van der Waals surface area (Å²) in [4.78, 5) is 13.5. The van der Waals surface area contributed by atoms with Crippen LogP contribution in [-0.4, -0.2) is 32.6 Å². The molecule has 0 saturated heterocycles. The normalized spacial score (nSPS) is 14.4. The minimum Gasteiger partial charge on any atom is -0.367 e. The first-order valence-corrected chi connectivity index (χ1v) is 11.6. The van der Waals surface area contributed by atoms with Gasteiger partial charge in [0.2, 0.25) is 5.28 Å². The number of imidazole rings is 1. The lowest BCUT2D eigenvalue weighted by Crippen LogP contribution is -2.28. The molecule has 2 aromatic carbocycles. The van der Waals surface area contributed by atoms with E-state index in [0.29, 0.717) is 18.4 Å². The van der Waals surface area contributed by atoms with E-state index in [1.165, 1.54) is 36.8 Å². The van der Waals surface area contributed by atoms with Gasteiger partial charge < -0.3 is 15.2 Å². The highest BCUT2D eigenvalue weighted by Crippen LogP contribution is 2.33. The molecule has 0 bridgehead atoms. The second kappa shape index (κ2) is 9.67. The van der Waals surface area contributed by atoms with Gasteiger partial charge in [0.05, 0.1) is 12.4 Å². The van der Waals surface area contributed by atoms with Crippen molar-refractivity contribution in [1.29, 1.82) is 0 Å². The van der Waals surface area contributed by atoms with Gasteiger partial charge in [0, 0.05) is 19.1 Å². The molecule has 6 nitrogen and oxygen atoms in total. The summed E-state index contributed by atoms with van der Waals surface area (Å²) in [6.45, 7) is 1.44. The molecule has 0 atom stereocenters. The Morgan fingerprint density at radius 1 is 0.906 bits per heavy atom. The smallest absolute Gasteiger partial charge is 0.226 e. The molecule has 0 aliphatic heterocycles. The highest BCUT2D eigenvalue weighted by Gasteiger charge is 2.21. The highest BCUT2D eigenvalue weighted by molar-refractivity contribution is 6.28. The number of halogens is 1. The van der Waals surface area contributed by atoms with Gasteiger partial charge in [-0.2, -0.15) is 9.97 Å². The molecule has 5 rings (SSSR count). The molecule has 2 N–H and O–H groups in total. The molecule has 2 aromatic heterocycles. The number of aromatic nitrogens is 4. The molecule has 164 valence electrons. The van der Waals surface area contributed by atoms with Crippen molar-refractivity contribution >= 4 is 28.6 Å². The Bertz CT molecular complexity index is 1120. The van der Waals surface area contributed by atoms with Gasteiger partial charge >= 0.3 is 0 Å². The lowest BCUT2D eigenvalue weighted by Gasteiger charge is -2.20. The molecular weight excluding hydrogens is 420 g/mol. The van der Waals surface area contributed by atoms with Gasteiger partial charge in [-0.25, -0.2) is 4.98 Å². The van der Waals surface area contributed by atoms with Gasteiger partial charge in [-0.05, 0) is 35.6 Å². The minimum atomic E-state index is 0.120. The fourth-order valence-corrected chi connectivity index (χ4v) is 4.74. The number of nitrogens with zero attached hydrogens (tertiary/aromatic N) is 4. The van der Waals surface area contributed by atoms with Crippen LogP contribution in [0.4, 0.5) is 5.82 Å². The van der Waals surface area contributed by atoms with Crippen LogP contribution >= 0.6 is 11.6 Å². The minimum absolute atomic E-state index is 0.120. The molecule has 7 heteroatoms. The summed E-state index contributed by atoms with van der Waals surface area (Å²) in [5.74, 6) is 0.689. The fourth-order valence-electron chi connectivity index (χ4n) is 4.58. The summed E-state index contributed by atoms with van der Waals surface area (Å²) >= 11 is 6.26. The van der Waals surface area contributed by atoms with Crippen LogP contribution in [0.5, 0.6) is 0 Å². The van der Waals surface area contributed by atoms with Crippen LogP contribution in [0.15, 0.2) is 67.0 Å². The van der Waals surface area contributed by atoms with Crippen molar-refractivity contribution in [1.82, 2.24) is 24.8 Å². The van der Waals surface area contributed by atoms with Crippen LogP contribution in [0.1, 0.15) is 48.9 Å². The number of nitrogens with one attached hydrogen (secondary N) is 2. The number of rotatable bonds is 8. The molecule has 1 aliphatic carbocycles. The Morgan fingerprint density at radius 3 is 2.22 bits per heavy atom. The summed E-state index contributed by atoms with van der Waals surface area (Å²) in [6, 6.07) is 21.6. The van der Waals surface area contributed by atoms with E-state index in [1.54, 1.807) is 0 Å². The van der Waals surface area contributed by atoms with Crippen LogP contribution in [0, 0.1) is 0 Å². The summed E-state index contributed by atoms with van der Waals surface area (Å²) in [6.07, 6.45) is 6.73. The van der Waals surface area contributed by atoms with Gasteiger partial charge in [-0.15, -0.1) is 0 Å². The summed E-state index contributed by atoms with van der Waals surface area (Å²) in [7, 11) is 0. The Balaban J connectivity index is 1.29. The van der Waals surface area contributed by atoms with E-state index in [1.807, 2.05) is 18.5 Å². The first-order chi connectivity index (χ1) is 15.8. The maximum atomic E-state index is 6.26. The molecule has 1 saturated carbocycles. The number of benzene rings is 2. The monoisotopic (exact) mass is 446 g/mol. The third kappa shape index (κ3) is 4.47. The molecule has 2 heterocycles. The molecular formula is C25H27ClN6. The van der Waals surface area contributed by atoms with Crippen molar-refractivity contribution in [2.45, 2.75) is 37.8 Å². The lowest BCUT2D eigenvalue weighted by molar-refractivity contribution is 0.529. The van der Waals surface area contributed by atoms with E-state index in [9.17, 15) is 0 Å². The van der Waals surface area contributed by atoms with E-state index >= 15 is 0 Å². The largest absolute Gasteiger partial charge is 0.367 e. The SMILES string of the molecule is Clc1nc(NCCNC(c2ccccc2)c2ccccc2)c2ncn(C3CCCC3)c2n1. The molecule has 0 unspecified atom stereocenters. The molecule has 0 radical (unpaired) electrons. The summed E-state index contributed by atoms with van der Waals surface area (Å²) in [5, 5.41) is 7.34. The van der Waals surface area contributed by atoms with Gasteiger partial charge in [-0.1, -0.05) is 73.5 Å². The zero-order chi connectivity index (χ0) is 21.8. The van der Waals surface area contributed by atoms with E-state index < -0.39 is 0 Å². The van der Waals surface area contributed by atoms with E-state index in [-0.39, 0.29) is 11.3 Å². The lowest BCUT2D eigenvalue weighted by atomic mass is 9.99. The fraction of sp³-hybridized carbons (Fsp3) is 0.320. The van der Waals surface area contributed by atoms with Crippen molar-refractivity contribution in [3.05, 3.63) is 83.4 Å². The summed E-state index contributed by atoms with van der Waals surface area (Å²) < 4.78 is 2.17. The van der Waals surface area contributed by atoms with E-state index in [2.05, 4.69) is 78.7 Å². The topological polar surface area (TPSA) is 67.7 Å². The standard InChI is InChI=1S/C25H27ClN6/c26-25-30-23(22-24(31-25)32(17-29-22)20-13-7-8-14-20)28-16-15-27-21(18-9-3-1-4-10-18)19-11-5-2-6-12-19/h1-6,9-12,17,20-21,27H,7-8,13-16H2,(H,28,30,31). The van der Waals surface area contributed by atoms with Gasteiger partial charge in [0.15, 0.2) is 17.0 Å². The number of fused-ring (bicyclic) bond motifs is 1. The second-order valence-electron chi connectivity index (χ2n) is 8.24. The van der Waals surface area contributed by atoms with Gasteiger partial charge in [0.25, 0.3) is 0 Å². The van der Waals surface area contributed by atoms with Gasteiger partial charge in [0.1, 0.15) is 0 Å². The Hall–Kier alpha value is -2.96. The average Bonchev–Trinajstić information content (AvgIpc) is 3.50. The third-order valence-electron chi connectivity index (χ3n) is 6.14. The van der Waals surface area contributed by atoms with Crippen LogP contribution in [0.3, 0.4) is 0 Å². The van der Waals surface area contributed by atoms with Crippen molar-refractivity contribution in [3.8, 4) is 0 Å². The van der Waals surface area contributed by atoms with E-state index in [0.717, 1.165) is 17.7 Å². The zero-order valence-corrected chi connectivity index (χ0v) is 18.7. The maximum absolute atomic E-state index is 6.26. The first-order valence-electron chi connectivity index (χ1n) is 11.3. The Morgan fingerprint density at radius 2 is 1.56 bits per heavy atom. The number of hydrogen-bond acceptors (Lipinski definition) is 5. The summed E-state index contributed by atoms with van der Waals surface area (Å²) in [5.41, 5.74) is 4.07. The van der Waals surface area contributed by atoms with Gasteiger partial charge in [-0.3, -0.25) is 0 Å².